The fourth-order valence-electron chi connectivity index (χ4n) is 2.76. The minimum Gasteiger partial charge on any atom is -0.493 e. The molecular weight excluding hydrogens is 316 g/mol. The van der Waals surface area contributed by atoms with Gasteiger partial charge in [-0.15, -0.1) is 0 Å². The summed E-state index contributed by atoms with van der Waals surface area (Å²) in [6.07, 6.45) is 2.01. The Morgan fingerprint density at radius 1 is 1.20 bits per heavy atom. The van der Waals surface area contributed by atoms with Gasteiger partial charge in [-0.05, 0) is 49.8 Å². The van der Waals surface area contributed by atoms with Crippen LogP contribution in [0.3, 0.4) is 0 Å². The molecule has 1 aliphatic heterocycles. The van der Waals surface area contributed by atoms with E-state index in [9.17, 15) is 4.79 Å². The molecule has 0 saturated heterocycles. The first kappa shape index (κ1) is 17.1. The number of ketones is 1. The zero-order chi connectivity index (χ0) is 17.8. The van der Waals surface area contributed by atoms with E-state index in [2.05, 4.69) is 0 Å². The summed E-state index contributed by atoms with van der Waals surface area (Å²) in [7, 11) is 1.61. The maximum absolute atomic E-state index is 12.4. The maximum Gasteiger partial charge on any atom is 0.170 e. The van der Waals surface area contributed by atoms with Crippen LogP contribution in [0.15, 0.2) is 54.1 Å². The van der Waals surface area contributed by atoms with Crippen LogP contribution in [0.2, 0.25) is 0 Å². The monoisotopic (exact) mass is 338 g/mol. The molecule has 1 aliphatic rings. The van der Waals surface area contributed by atoms with Crippen LogP contribution in [-0.2, 0) is 0 Å². The first-order chi connectivity index (χ1) is 12.1. The number of methoxy groups -OCH3 is 1. The van der Waals surface area contributed by atoms with Crippen LogP contribution >= 0.6 is 0 Å². The minimum absolute atomic E-state index is 0.0923. The van der Waals surface area contributed by atoms with E-state index in [1.54, 1.807) is 13.2 Å². The van der Waals surface area contributed by atoms with E-state index in [1.165, 1.54) is 5.57 Å². The molecule has 130 valence electrons. The SMILES string of the molecule is COc1cc(C2CC(=O)c3ccccc3O2)ccc1OCC=C(C)C. The first-order valence-corrected chi connectivity index (χ1v) is 8.31. The topological polar surface area (TPSA) is 44.8 Å². The van der Waals surface area contributed by atoms with Gasteiger partial charge in [0.2, 0.25) is 0 Å². The van der Waals surface area contributed by atoms with Gasteiger partial charge in [0, 0.05) is 0 Å². The number of carbonyl (C=O) groups excluding carboxylic acids is 1. The summed E-state index contributed by atoms with van der Waals surface area (Å²) in [5.74, 6) is 2.03. The van der Waals surface area contributed by atoms with E-state index < -0.39 is 0 Å². The summed E-state index contributed by atoms with van der Waals surface area (Å²) in [5, 5.41) is 0. The smallest absolute Gasteiger partial charge is 0.170 e. The highest BCUT2D eigenvalue weighted by molar-refractivity contribution is 5.99. The second kappa shape index (κ2) is 7.43. The normalized spacial score (nSPS) is 15.8. The third-order valence-electron chi connectivity index (χ3n) is 4.12. The van der Waals surface area contributed by atoms with Crippen LogP contribution in [0, 0.1) is 0 Å². The lowest BCUT2D eigenvalue weighted by Gasteiger charge is -2.26. The van der Waals surface area contributed by atoms with E-state index >= 15 is 0 Å². The number of benzene rings is 2. The van der Waals surface area contributed by atoms with E-state index in [1.807, 2.05) is 56.3 Å². The molecule has 25 heavy (non-hydrogen) atoms. The fourth-order valence-corrected chi connectivity index (χ4v) is 2.76. The molecule has 0 aliphatic carbocycles. The Labute approximate surface area is 148 Å². The molecule has 3 rings (SSSR count). The van der Waals surface area contributed by atoms with E-state index in [0.717, 1.165) is 5.56 Å². The van der Waals surface area contributed by atoms with Crippen LogP contribution in [-0.4, -0.2) is 19.5 Å². The van der Waals surface area contributed by atoms with Crippen LogP contribution < -0.4 is 14.2 Å². The van der Waals surface area contributed by atoms with Crippen molar-refractivity contribution in [3.63, 3.8) is 0 Å². The second-order valence-electron chi connectivity index (χ2n) is 6.23. The molecular formula is C21H22O4. The molecule has 0 fully saturated rings. The van der Waals surface area contributed by atoms with Gasteiger partial charge >= 0.3 is 0 Å². The number of fused-ring (bicyclic) bond motifs is 1. The van der Waals surface area contributed by atoms with Crippen molar-refractivity contribution in [2.75, 3.05) is 13.7 Å². The molecule has 1 atom stereocenters. The lowest BCUT2D eigenvalue weighted by atomic mass is 9.96. The molecule has 0 spiro atoms. The van der Waals surface area contributed by atoms with Crippen molar-refractivity contribution in [3.05, 3.63) is 65.2 Å². The average molecular weight is 338 g/mol. The number of para-hydroxylation sites is 1. The van der Waals surface area contributed by atoms with Crippen LogP contribution in [0.4, 0.5) is 0 Å². The summed E-state index contributed by atoms with van der Waals surface area (Å²) in [4.78, 5) is 12.4. The van der Waals surface area contributed by atoms with Crippen molar-refractivity contribution < 1.29 is 19.0 Å². The molecule has 4 nitrogen and oxygen atoms in total. The van der Waals surface area contributed by atoms with Crippen molar-refractivity contribution in [3.8, 4) is 17.2 Å². The van der Waals surface area contributed by atoms with E-state index in [0.29, 0.717) is 35.8 Å². The van der Waals surface area contributed by atoms with Gasteiger partial charge < -0.3 is 14.2 Å². The number of rotatable bonds is 5. The summed E-state index contributed by atoms with van der Waals surface area (Å²) < 4.78 is 17.2. The van der Waals surface area contributed by atoms with Gasteiger partial charge in [-0.2, -0.15) is 0 Å². The zero-order valence-corrected chi connectivity index (χ0v) is 14.7. The van der Waals surface area contributed by atoms with Crippen molar-refractivity contribution in [1.29, 1.82) is 0 Å². The highest BCUT2D eigenvalue weighted by Gasteiger charge is 2.27. The molecule has 2 aromatic carbocycles. The Hall–Kier alpha value is -2.75. The Balaban J connectivity index is 1.82. The molecule has 1 unspecified atom stereocenters. The first-order valence-electron chi connectivity index (χ1n) is 8.31. The number of carbonyl (C=O) groups is 1. The van der Waals surface area contributed by atoms with Gasteiger partial charge in [0.1, 0.15) is 18.5 Å². The van der Waals surface area contributed by atoms with Crippen molar-refractivity contribution in [2.45, 2.75) is 26.4 Å². The summed E-state index contributed by atoms with van der Waals surface area (Å²) in [6, 6.07) is 13.0. The molecule has 0 aromatic heterocycles. The average Bonchev–Trinajstić information content (AvgIpc) is 2.61. The number of hydrogen-bond acceptors (Lipinski definition) is 4. The standard InChI is InChI=1S/C21H22O4/c1-14(2)10-11-24-19-9-8-15(12-21(19)23-3)20-13-17(22)16-6-4-5-7-18(16)25-20/h4-10,12,20H,11,13H2,1-3H3. The van der Waals surface area contributed by atoms with E-state index in [4.69, 9.17) is 14.2 Å². The Morgan fingerprint density at radius 2 is 2.00 bits per heavy atom. The second-order valence-corrected chi connectivity index (χ2v) is 6.23. The Morgan fingerprint density at radius 3 is 2.76 bits per heavy atom. The molecule has 2 aromatic rings. The minimum atomic E-state index is -0.317. The molecule has 0 radical (unpaired) electrons. The number of ether oxygens (including phenoxy) is 3. The number of allylic oxidation sites excluding steroid dienone is 1. The van der Waals surface area contributed by atoms with Crippen molar-refractivity contribution in [2.24, 2.45) is 0 Å². The fraction of sp³-hybridized carbons (Fsp3) is 0.286. The summed E-state index contributed by atoms with van der Waals surface area (Å²) in [6.45, 7) is 4.54. The van der Waals surface area contributed by atoms with Crippen LogP contribution in [0.1, 0.15) is 42.3 Å². The Bertz CT molecular complexity index is 803. The van der Waals surface area contributed by atoms with Gasteiger partial charge in [0.25, 0.3) is 0 Å². The highest BCUT2D eigenvalue weighted by atomic mass is 16.5. The highest BCUT2D eigenvalue weighted by Crippen LogP contribution is 2.37. The predicted molar refractivity (Wildman–Crippen MR) is 96.7 cm³/mol. The number of hydrogen-bond donors (Lipinski definition) is 0. The lowest BCUT2D eigenvalue weighted by molar-refractivity contribution is 0.0849. The van der Waals surface area contributed by atoms with Gasteiger partial charge in [-0.25, -0.2) is 0 Å². The van der Waals surface area contributed by atoms with Crippen LogP contribution in [0.25, 0.3) is 0 Å². The molecule has 0 bridgehead atoms. The predicted octanol–water partition coefficient (Wildman–Crippen LogP) is 4.75. The van der Waals surface area contributed by atoms with Gasteiger partial charge in [-0.1, -0.05) is 23.8 Å². The van der Waals surface area contributed by atoms with Crippen molar-refractivity contribution in [1.82, 2.24) is 0 Å². The molecule has 0 saturated carbocycles. The van der Waals surface area contributed by atoms with Gasteiger partial charge in [-0.3, -0.25) is 4.79 Å². The Kier molecular flexibility index (Phi) is 5.08. The summed E-state index contributed by atoms with van der Waals surface area (Å²) in [5.41, 5.74) is 2.74. The third kappa shape index (κ3) is 3.85. The largest absolute Gasteiger partial charge is 0.493 e. The third-order valence-corrected chi connectivity index (χ3v) is 4.12. The summed E-state index contributed by atoms with van der Waals surface area (Å²) >= 11 is 0. The van der Waals surface area contributed by atoms with Crippen molar-refractivity contribution >= 4 is 5.78 Å². The van der Waals surface area contributed by atoms with E-state index in [-0.39, 0.29) is 11.9 Å². The van der Waals surface area contributed by atoms with Crippen LogP contribution in [0.5, 0.6) is 17.2 Å². The lowest BCUT2D eigenvalue weighted by Crippen LogP contribution is -2.20. The maximum atomic E-state index is 12.4. The molecule has 0 N–H and O–H groups in total. The number of Topliss-reactive ketones (excluding diaryl/α,β-unsaturated/α-hetero) is 1. The van der Waals surface area contributed by atoms with Gasteiger partial charge in [0.15, 0.2) is 17.3 Å². The molecule has 4 heteroatoms. The molecule has 1 heterocycles. The quantitative estimate of drug-likeness (QED) is 0.738. The molecule has 0 amide bonds. The van der Waals surface area contributed by atoms with Gasteiger partial charge in [0.05, 0.1) is 19.1 Å². The zero-order valence-electron chi connectivity index (χ0n) is 14.7.